The number of aliphatic carboxylic acids is 1. The zero-order chi connectivity index (χ0) is 16.4. The first-order valence-corrected chi connectivity index (χ1v) is 7.19. The molecule has 0 radical (unpaired) electrons. The zero-order valence-corrected chi connectivity index (χ0v) is 12.1. The van der Waals surface area contributed by atoms with Crippen LogP contribution < -0.4 is 4.74 Å². The Morgan fingerprint density at radius 1 is 1.22 bits per heavy atom. The van der Waals surface area contributed by atoms with Gasteiger partial charge in [0.2, 0.25) is 0 Å². The van der Waals surface area contributed by atoms with Crippen LogP contribution in [0.1, 0.15) is 29.2 Å². The summed E-state index contributed by atoms with van der Waals surface area (Å²) in [5.74, 6) is -3.31. The fourth-order valence-electron chi connectivity index (χ4n) is 2.74. The van der Waals surface area contributed by atoms with Gasteiger partial charge in [-0.2, -0.15) is 0 Å². The lowest BCUT2D eigenvalue weighted by Gasteiger charge is -2.16. The van der Waals surface area contributed by atoms with Gasteiger partial charge in [-0.25, -0.2) is 13.6 Å². The fourth-order valence-corrected chi connectivity index (χ4v) is 2.74. The number of benzene rings is 2. The summed E-state index contributed by atoms with van der Waals surface area (Å²) < 4.78 is 33.8. The maximum atomic E-state index is 14.1. The van der Waals surface area contributed by atoms with Gasteiger partial charge in [0, 0.05) is 6.08 Å². The van der Waals surface area contributed by atoms with E-state index in [1.165, 1.54) is 0 Å². The van der Waals surface area contributed by atoms with Crippen molar-refractivity contribution in [3.05, 3.63) is 70.8 Å². The molecule has 0 spiro atoms. The molecule has 0 heterocycles. The summed E-state index contributed by atoms with van der Waals surface area (Å²) in [7, 11) is 0. The smallest absolute Gasteiger partial charge is 0.328 e. The van der Waals surface area contributed by atoms with E-state index in [4.69, 9.17) is 9.84 Å². The first-order valence-electron chi connectivity index (χ1n) is 7.19. The third kappa shape index (κ3) is 3.23. The monoisotopic (exact) mass is 316 g/mol. The van der Waals surface area contributed by atoms with Crippen LogP contribution in [0.3, 0.4) is 0 Å². The van der Waals surface area contributed by atoms with Crippen LogP contribution in [0, 0.1) is 11.6 Å². The van der Waals surface area contributed by atoms with Crippen LogP contribution >= 0.6 is 0 Å². The summed E-state index contributed by atoms with van der Waals surface area (Å²) in [6, 6.07) is 9.77. The number of hydrogen-bond donors (Lipinski definition) is 1. The van der Waals surface area contributed by atoms with Crippen LogP contribution in [0.25, 0.3) is 6.08 Å². The van der Waals surface area contributed by atoms with E-state index in [1.807, 2.05) is 24.3 Å². The Hall–Kier alpha value is -2.69. The molecule has 5 heteroatoms. The average Bonchev–Trinajstić information content (AvgIpc) is 2.92. The Bertz CT molecular complexity index is 761. The number of carboxylic acid groups (broad SMARTS) is 1. The molecule has 0 bridgehead atoms. The van der Waals surface area contributed by atoms with Gasteiger partial charge in [-0.05, 0) is 47.7 Å². The van der Waals surface area contributed by atoms with E-state index in [0.717, 1.165) is 41.8 Å². The van der Waals surface area contributed by atoms with E-state index < -0.39 is 23.4 Å². The lowest BCUT2D eigenvalue weighted by Crippen LogP contribution is -2.06. The van der Waals surface area contributed by atoms with Crippen LogP contribution in [0.5, 0.6) is 5.75 Å². The summed E-state index contributed by atoms with van der Waals surface area (Å²) in [5.41, 5.74) is 2.20. The number of hydrogen-bond acceptors (Lipinski definition) is 2. The highest BCUT2D eigenvalue weighted by Crippen LogP contribution is 2.36. The lowest BCUT2D eigenvalue weighted by molar-refractivity contribution is -0.131. The molecule has 1 N–H and O–H groups in total. The number of aryl methyl sites for hydroxylation is 1. The molecule has 0 aliphatic heterocycles. The van der Waals surface area contributed by atoms with Crippen LogP contribution in [-0.4, -0.2) is 11.1 Å². The van der Waals surface area contributed by atoms with Gasteiger partial charge in [0.05, 0.1) is 0 Å². The molecule has 3 nitrogen and oxygen atoms in total. The third-order valence-electron chi connectivity index (χ3n) is 3.78. The Balaban J connectivity index is 1.86. The lowest BCUT2D eigenvalue weighted by atomic mass is 10.1. The van der Waals surface area contributed by atoms with E-state index in [2.05, 4.69) is 0 Å². The molecule has 118 valence electrons. The van der Waals surface area contributed by atoms with E-state index in [0.29, 0.717) is 6.42 Å². The highest BCUT2D eigenvalue weighted by atomic mass is 19.1. The van der Waals surface area contributed by atoms with Gasteiger partial charge in [0.25, 0.3) is 0 Å². The Morgan fingerprint density at radius 2 is 1.91 bits per heavy atom. The Kier molecular flexibility index (Phi) is 4.10. The first-order chi connectivity index (χ1) is 11.0. The van der Waals surface area contributed by atoms with E-state index in [9.17, 15) is 13.6 Å². The molecule has 0 aromatic heterocycles. The molecule has 0 saturated heterocycles. The van der Waals surface area contributed by atoms with Crippen LogP contribution in [0.2, 0.25) is 0 Å². The SMILES string of the molecule is O=C(O)C=Cc1cc(F)c(OC2CCc3ccccc32)c(F)c1. The van der Waals surface area contributed by atoms with Crippen LogP contribution in [-0.2, 0) is 11.2 Å². The molecular weight excluding hydrogens is 302 g/mol. The maximum Gasteiger partial charge on any atom is 0.328 e. The van der Waals surface area contributed by atoms with Gasteiger partial charge in [-0.15, -0.1) is 0 Å². The molecule has 0 fully saturated rings. The Morgan fingerprint density at radius 3 is 2.61 bits per heavy atom. The molecule has 0 saturated carbocycles. The largest absolute Gasteiger partial charge is 0.480 e. The fraction of sp³-hybridized carbons (Fsp3) is 0.167. The number of carboxylic acids is 1. The normalized spacial score (nSPS) is 16.5. The molecule has 2 aromatic carbocycles. The summed E-state index contributed by atoms with van der Waals surface area (Å²) in [6.07, 6.45) is 3.05. The molecule has 0 amide bonds. The van der Waals surface area contributed by atoms with Gasteiger partial charge >= 0.3 is 5.97 Å². The van der Waals surface area contributed by atoms with Crippen molar-refractivity contribution in [1.82, 2.24) is 0 Å². The van der Waals surface area contributed by atoms with E-state index >= 15 is 0 Å². The zero-order valence-electron chi connectivity index (χ0n) is 12.1. The van der Waals surface area contributed by atoms with Crippen molar-refractivity contribution >= 4 is 12.0 Å². The van der Waals surface area contributed by atoms with Crippen molar-refractivity contribution in [1.29, 1.82) is 0 Å². The third-order valence-corrected chi connectivity index (χ3v) is 3.78. The summed E-state index contributed by atoms with van der Waals surface area (Å²) in [6.45, 7) is 0. The highest BCUT2D eigenvalue weighted by molar-refractivity contribution is 5.85. The van der Waals surface area contributed by atoms with Gasteiger partial charge in [0.1, 0.15) is 6.10 Å². The summed E-state index contributed by atoms with van der Waals surface area (Å²) in [4.78, 5) is 10.5. The molecular formula is C18H14F2O3. The predicted molar refractivity (Wildman–Crippen MR) is 81.2 cm³/mol. The van der Waals surface area contributed by atoms with Crippen molar-refractivity contribution in [2.24, 2.45) is 0 Å². The van der Waals surface area contributed by atoms with E-state index in [-0.39, 0.29) is 11.7 Å². The molecule has 1 aliphatic rings. The predicted octanol–water partition coefficient (Wildman–Crippen LogP) is 4.13. The second kappa shape index (κ2) is 6.20. The van der Waals surface area contributed by atoms with Gasteiger partial charge in [0.15, 0.2) is 17.4 Å². The average molecular weight is 316 g/mol. The molecule has 2 aromatic rings. The maximum absolute atomic E-state index is 14.1. The van der Waals surface area contributed by atoms with Crippen molar-refractivity contribution < 1.29 is 23.4 Å². The standard InChI is InChI=1S/C18H14F2O3/c19-14-9-11(5-8-17(21)22)10-15(20)18(14)23-16-7-6-12-3-1-2-4-13(12)16/h1-5,8-10,16H,6-7H2,(H,21,22). The molecule has 1 atom stereocenters. The molecule has 23 heavy (non-hydrogen) atoms. The molecule has 3 rings (SSSR count). The van der Waals surface area contributed by atoms with Gasteiger partial charge in [-0.1, -0.05) is 24.3 Å². The minimum absolute atomic E-state index is 0.126. The first kappa shape index (κ1) is 15.2. The quantitative estimate of drug-likeness (QED) is 0.863. The van der Waals surface area contributed by atoms with Crippen molar-refractivity contribution in [3.8, 4) is 5.75 Å². The van der Waals surface area contributed by atoms with Crippen molar-refractivity contribution in [2.45, 2.75) is 18.9 Å². The summed E-state index contributed by atoms with van der Waals surface area (Å²) >= 11 is 0. The number of carbonyl (C=O) groups is 1. The number of rotatable bonds is 4. The number of halogens is 2. The van der Waals surface area contributed by atoms with Crippen LogP contribution in [0.15, 0.2) is 42.5 Å². The second-order valence-electron chi connectivity index (χ2n) is 5.33. The topological polar surface area (TPSA) is 46.5 Å². The number of fused-ring (bicyclic) bond motifs is 1. The summed E-state index contributed by atoms with van der Waals surface area (Å²) in [5, 5.41) is 8.55. The molecule has 1 unspecified atom stereocenters. The van der Waals surface area contributed by atoms with Crippen molar-refractivity contribution in [2.75, 3.05) is 0 Å². The minimum Gasteiger partial charge on any atom is -0.480 e. The molecule has 1 aliphatic carbocycles. The highest BCUT2D eigenvalue weighted by Gasteiger charge is 2.26. The second-order valence-corrected chi connectivity index (χ2v) is 5.33. The van der Waals surface area contributed by atoms with Crippen molar-refractivity contribution in [3.63, 3.8) is 0 Å². The number of ether oxygens (including phenoxy) is 1. The van der Waals surface area contributed by atoms with Gasteiger partial charge < -0.3 is 9.84 Å². The van der Waals surface area contributed by atoms with Crippen LogP contribution in [0.4, 0.5) is 8.78 Å². The Labute approximate surface area is 131 Å². The van der Waals surface area contributed by atoms with Gasteiger partial charge in [-0.3, -0.25) is 0 Å². The van der Waals surface area contributed by atoms with E-state index in [1.54, 1.807) is 0 Å². The minimum atomic E-state index is -1.19.